The molecule has 0 spiro atoms. The number of esters is 1. The molecule has 0 fully saturated rings. The van der Waals surface area contributed by atoms with Gasteiger partial charge in [-0.25, -0.2) is 4.79 Å². The molecule has 0 aliphatic carbocycles. The van der Waals surface area contributed by atoms with Crippen LogP contribution in [0.5, 0.6) is 17.2 Å². The smallest absolute Gasteiger partial charge is 0.336 e. The molecule has 0 radical (unpaired) electrons. The fourth-order valence-corrected chi connectivity index (χ4v) is 3.68. The highest BCUT2D eigenvalue weighted by Crippen LogP contribution is 2.35. The maximum Gasteiger partial charge on any atom is 0.336 e. The normalized spacial score (nSPS) is 11.1. The zero-order chi connectivity index (χ0) is 24.2. The third-order valence-corrected chi connectivity index (χ3v) is 5.47. The lowest BCUT2D eigenvalue weighted by Gasteiger charge is -2.11. The molecule has 0 saturated heterocycles. The van der Waals surface area contributed by atoms with Crippen molar-refractivity contribution in [2.75, 3.05) is 14.2 Å². The van der Waals surface area contributed by atoms with E-state index < -0.39 is 11.4 Å². The summed E-state index contributed by atoms with van der Waals surface area (Å²) in [5, 5.41) is 0.665. The molecule has 1 aromatic heterocycles. The molecule has 1 heterocycles. The summed E-state index contributed by atoms with van der Waals surface area (Å²) in [6.07, 6.45) is 2.77. The Kier molecular flexibility index (Phi) is 6.70. The molecule has 0 amide bonds. The number of fused-ring (bicyclic) bond motifs is 1. The minimum atomic E-state index is -0.748. The summed E-state index contributed by atoms with van der Waals surface area (Å²) in [5.41, 5.74) is 1.90. The maximum absolute atomic E-state index is 13.3. The van der Waals surface area contributed by atoms with Gasteiger partial charge in [0, 0.05) is 11.6 Å². The second-order valence-corrected chi connectivity index (χ2v) is 7.84. The minimum Gasteiger partial charge on any atom is -0.493 e. The molecule has 0 atom stereocenters. The molecule has 0 saturated carbocycles. The molecule has 0 N–H and O–H groups in total. The van der Waals surface area contributed by atoms with Crippen LogP contribution in [0.25, 0.3) is 28.4 Å². The van der Waals surface area contributed by atoms with Crippen LogP contribution >= 0.6 is 11.6 Å². The SMILES string of the molecule is COc1ccc(/C=C/C(=O)Oc2c(-c3ccccc3Cl)oc3ccc(C)cc3c2=O)cc1OC. The Morgan fingerprint density at radius 1 is 0.971 bits per heavy atom. The van der Waals surface area contributed by atoms with Crippen LogP contribution in [0, 0.1) is 6.92 Å². The summed E-state index contributed by atoms with van der Waals surface area (Å²) in [6, 6.07) is 17.3. The van der Waals surface area contributed by atoms with E-state index in [1.807, 2.05) is 13.0 Å². The topological polar surface area (TPSA) is 75.0 Å². The molecule has 0 aliphatic rings. The summed E-state index contributed by atoms with van der Waals surface area (Å²) < 4.78 is 22.0. The van der Waals surface area contributed by atoms with Gasteiger partial charge in [-0.05, 0) is 55.0 Å². The number of carbonyl (C=O) groups excluding carboxylic acids is 1. The Balaban J connectivity index is 1.74. The number of carbonyl (C=O) groups is 1. The van der Waals surface area contributed by atoms with Crippen molar-refractivity contribution in [3.8, 4) is 28.6 Å². The summed E-state index contributed by atoms with van der Waals surface area (Å²) in [7, 11) is 3.06. The Morgan fingerprint density at radius 2 is 1.74 bits per heavy atom. The monoisotopic (exact) mass is 476 g/mol. The van der Waals surface area contributed by atoms with Crippen LogP contribution in [0.2, 0.25) is 5.02 Å². The molecule has 6 nitrogen and oxygen atoms in total. The van der Waals surface area contributed by atoms with Crippen molar-refractivity contribution in [2.45, 2.75) is 6.92 Å². The zero-order valence-electron chi connectivity index (χ0n) is 18.8. The summed E-state index contributed by atoms with van der Waals surface area (Å²) in [6.45, 7) is 1.86. The van der Waals surface area contributed by atoms with Gasteiger partial charge in [-0.1, -0.05) is 41.4 Å². The molecule has 0 aliphatic heterocycles. The molecule has 0 unspecified atom stereocenters. The summed E-state index contributed by atoms with van der Waals surface area (Å²) >= 11 is 6.35. The standard InChI is InChI=1S/C27H21ClO6/c1-16-8-11-21-19(14-16)25(30)27(26(33-21)18-6-4-5-7-20(18)28)34-24(29)13-10-17-9-12-22(31-2)23(15-17)32-3/h4-15H,1-3H3/b13-10+. The van der Waals surface area contributed by atoms with E-state index in [4.69, 9.17) is 30.2 Å². The molecule has 4 aromatic rings. The third-order valence-electron chi connectivity index (χ3n) is 5.14. The Hall–Kier alpha value is -4.03. The second kappa shape index (κ2) is 9.85. The van der Waals surface area contributed by atoms with Crippen LogP contribution < -0.4 is 19.6 Å². The largest absolute Gasteiger partial charge is 0.493 e. The molecule has 4 rings (SSSR count). The fraction of sp³-hybridized carbons (Fsp3) is 0.111. The van der Waals surface area contributed by atoms with Crippen molar-refractivity contribution < 1.29 is 23.4 Å². The van der Waals surface area contributed by atoms with Gasteiger partial charge in [0.25, 0.3) is 0 Å². The van der Waals surface area contributed by atoms with E-state index in [2.05, 4.69) is 0 Å². The van der Waals surface area contributed by atoms with E-state index in [9.17, 15) is 9.59 Å². The highest BCUT2D eigenvalue weighted by molar-refractivity contribution is 6.33. The first kappa shape index (κ1) is 23.1. The number of hydrogen-bond donors (Lipinski definition) is 0. The molecule has 172 valence electrons. The number of aryl methyl sites for hydroxylation is 1. The number of halogens is 1. The molecule has 0 bridgehead atoms. The van der Waals surface area contributed by atoms with Crippen LogP contribution in [0.1, 0.15) is 11.1 Å². The van der Waals surface area contributed by atoms with Gasteiger partial charge in [0.1, 0.15) is 5.58 Å². The van der Waals surface area contributed by atoms with Gasteiger partial charge in [-0.15, -0.1) is 0 Å². The molecular formula is C27H21ClO6. The zero-order valence-corrected chi connectivity index (χ0v) is 19.5. The Labute approximate surface area is 200 Å². The number of benzene rings is 3. The van der Waals surface area contributed by atoms with E-state index in [0.717, 1.165) is 5.56 Å². The lowest BCUT2D eigenvalue weighted by Crippen LogP contribution is -2.14. The predicted octanol–water partition coefficient (Wildman–Crippen LogP) is 6.06. The average molecular weight is 477 g/mol. The summed E-state index contributed by atoms with van der Waals surface area (Å²) in [4.78, 5) is 26.0. The average Bonchev–Trinajstić information content (AvgIpc) is 2.85. The molecule has 7 heteroatoms. The van der Waals surface area contributed by atoms with Crippen molar-refractivity contribution in [3.63, 3.8) is 0 Å². The van der Waals surface area contributed by atoms with Crippen LogP contribution in [0.4, 0.5) is 0 Å². The van der Waals surface area contributed by atoms with E-state index in [1.165, 1.54) is 20.3 Å². The van der Waals surface area contributed by atoms with Crippen molar-refractivity contribution >= 4 is 34.6 Å². The van der Waals surface area contributed by atoms with Gasteiger partial charge in [-0.2, -0.15) is 0 Å². The molecule has 34 heavy (non-hydrogen) atoms. The lowest BCUT2D eigenvalue weighted by molar-refractivity contribution is -0.129. The number of hydrogen-bond acceptors (Lipinski definition) is 6. The van der Waals surface area contributed by atoms with Gasteiger partial charge in [0.2, 0.25) is 11.2 Å². The van der Waals surface area contributed by atoms with Gasteiger partial charge in [0.05, 0.1) is 24.6 Å². The van der Waals surface area contributed by atoms with Crippen molar-refractivity contribution in [1.29, 1.82) is 0 Å². The van der Waals surface area contributed by atoms with Crippen molar-refractivity contribution in [3.05, 3.63) is 93.1 Å². The van der Waals surface area contributed by atoms with Gasteiger partial charge in [0.15, 0.2) is 17.3 Å². The first-order valence-corrected chi connectivity index (χ1v) is 10.7. The van der Waals surface area contributed by atoms with Gasteiger partial charge >= 0.3 is 5.97 Å². The van der Waals surface area contributed by atoms with Crippen LogP contribution in [0.3, 0.4) is 0 Å². The van der Waals surface area contributed by atoms with Crippen LogP contribution in [-0.2, 0) is 4.79 Å². The lowest BCUT2D eigenvalue weighted by atomic mass is 10.1. The number of methoxy groups -OCH3 is 2. The number of ether oxygens (including phenoxy) is 3. The van der Waals surface area contributed by atoms with E-state index >= 15 is 0 Å². The Morgan fingerprint density at radius 3 is 2.47 bits per heavy atom. The van der Waals surface area contributed by atoms with Crippen molar-refractivity contribution in [1.82, 2.24) is 0 Å². The van der Waals surface area contributed by atoms with Crippen LogP contribution in [-0.4, -0.2) is 20.2 Å². The number of rotatable bonds is 6. The third kappa shape index (κ3) is 4.67. The molecule has 3 aromatic carbocycles. The predicted molar refractivity (Wildman–Crippen MR) is 132 cm³/mol. The maximum atomic E-state index is 13.3. The fourth-order valence-electron chi connectivity index (χ4n) is 3.46. The molecular weight excluding hydrogens is 456 g/mol. The van der Waals surface area contributed by atoms with Gasteiger partial charge in [-0.3, -0.25) is 4.79 Å². The van der Waals surface area contributed by atoms with Gasteiger partial charge < -0.3 is 18.6 Å². The highest BCUT2D eigenvalue weighted by Gasteiger charge is 2.21. The first-order chi connectivity index (χ1) is 16.4. The van der Waals surface area contributed by atoms with E-state index in [1.54, 1.807) is 60.7 Å². The minimum absolute atomic E-state index is 0.0832. The van der Waals surface area contributed by atoms with E-state index in [-0.39, 0.29) is 11.5 Å². The Bertz CT molecular complexity index is 1470. The van der Waals surface area contributed by atoms with Crippen molar-refractivity contribution in [2.24, 2.45) is 0 Å². The highest BCUT2D eigenvalue weighted by atomic mass is 35.5. The second-order valence-electron chi connectivity index (χ2n) is 7.44. The van der Waals surface area contributed by atoms with Crippen LogP contribution in [0.15, 0.2) is 76.0 Å². The summed E-state index contributed by atoms with van der Waals surface area (Å²) in [5.74, 6) is 0.190. The quantitative estimate of drug-likeness (QED) is 0.249. The van der Waals surface area contributed by atoms with E-state index in [0.29, 0.717) is 38.6 Å². The first-order valence-electron chi connectivity index (χ1n) is 10.4.